The van der Waals surface area contributed by atoms with Gasteiger partial charge in [0.15, 0.2) is 0 Å². The van der Waals surface area contributed by atoms with Crippen LogP contribution in [0.1, 0.15) is 0 Å². The lowest BCUT2D eigenvalue weighted by molar-refractivity contribution is 2.20. The first-order chi connectivity index (χ1) is 2.77. The second-order valence-electron chi connectivity index (χ2n) is 0.723. The molecule has 0 aliphatic rings. The van der Waals surface area contributed by atoms with Crippen LogP contribution < -0.4 is 0 Å². The van der Waals surface area contributed by atoms with E-state index in [0.717, 1.165) is 0 Å². The van der Waals surface area contributed by atoms with Gasteiger partial charge in [0.1, 0.15) is 0 Å². The highest BCUT2D eigenvalue weighted by molar-refractivity contribution is 6.59. The predicted molar refractivity (Wildman–Crippen MR) is 31.4 cm³/mol. The topological polar surface area (TPSA) is 0 Å². The average Bonchev–Trinajstić information content (AvgIpc) is 1.35. The summed E-state index contributed by atoms with van der Waals surface area (Å²) in [5.74, 6) is 0. The Labute approximate surface area is 50.0 Å². The van der Waals surface area contributed by atoms with Gasteiger partial charge in [-0.3, -0.25) is 0 Å². The Hall–Kier alpha value is 0.537. The van der Waals surface area contributed by atoms with E-state index in [-0.39, 0.29) is 0 Å². The quantitative estimate of drug-likeness (QED) is 0.487. The molecule has 6 heavy (non-hydrogen) atoms. The molecular formula is C3H4Cl2Si. The summed E-state index contributed by atoms with van der Waals surface area (Å²) < 4.78 is 0.371. The molecule has 0 saturated heterocycles. The average molecular weight is 139 g/mol. The van der Waals surface area contributed by atoms with Gasteiger partial charge in [0, 0.05) is 0 Å². The number of hydrogen-bond donors (Lipinski definition) is 0. The van der Waals surface area contributed by atoms with Gasteiger partial charge in [0.05, 0.1) is 14.0 Å². The van der Waals surface area contributed by atoms with Crippen LogP contribution in [0.25, 0.3) is 0 Å². The molecule has 0 aromatic rings. The Morgan fingerprint density at radius 2 is 2.17 bits per heavy atom. The second kappa shape index (κ2) is 3.72. The fraction of sp³-hybridized carbons (Fsp3) is 0.333. The molecule has 0 aliphatic heterocycles. The van der Waals surface area contributed by atoms with Crippen molar-refractivity contribution in [3.05, 3.63) is 10.2 Å². The summed E-state index contributed by atoms with van der Waals surface area (Å²) in [6.45, 7) is 2.00. The third-order valence-corrected chi connectivity index (χ3v) is 1.41. The number of rotatable bonds is 1. The zero-order chi connectivity index (χ0) is 4.99. The summed E-state index contributed by atoms with van der Waals surface area (Å²) in [6.07, 6.45) is 0. The van der Waals surface area contributed by atoms with Gasteiger partial charge in [-0.1, -0.05) is 35.4 Å². The summed E-state index contributed by atoms with van der Waals surface area (Å²) in [6, 6.07) is 0. The van der Waals surface area contributed by atoms with Gasteiger partial charge >= 0.3 is 0 Å². The van der Waals surface area contributed by atoms with E-state index >= 15 is 0 Å². The van der Waals surface area contributed by atoms with Crippen LogP contribution >= 0.6 is 23.2 Å². The first kappa shape index (κ1) is 6.54. The van der Waals surface area contributed by atoms with E-state index in [0.29, 0.717) is 14.0 Å². The molecule has 0 bridgehead atoms. The monoisotopic (exact) mass is 138 g/mol. The molecule has 0 aromatic carbocycles. The molecule has 0 nitrogen and oxygen atoms in total. The Kier molecular flexibility index (Phi) is 4.05. The van der Waals surface area contributed by atoms with E-state index in [9.17, 15) is 0 Å². The van der Waals surface area contributed by atoms with Gasteiger partial charge in [-0.2, -0.15) is 0 Å². The molecular weight excluding hydrogens is 135 g/mol. The van der Waals surface area contributed by atoms with Gasteiger partial charge < -0.3 is 0 Å². The molecule has 34 valence electrons. The first-order valence-electron chi connectivity index (χ1n) is 1.46. The largest absolute Gasteiger partial charge is 0.0981 e. The highest BCUT2D eigenvalue weighted by Crippen LogP contribution is 2.03. The van der Waals surface area contributed by atoms with Crippen LogP contribution in [-0.2, 0) is 0 Å². The zero-order valence-electron chi connectivity index (χ0n) is 3.33. The van der Waals surface area contributed by atoms with Crippen LogP contribution in [-0.4, -0.2) is 9.52 Å². The molecule has 0 fully saturated rings. The maximum atomic E-state index is 5.21. The maximum Gasteiger partial charge on any atom is 0.0981 e. The lowest BCUT2D eigenvalue weighted by Gasteiger charge is -1.72. The number of halogens is 2. The van der Waals surface area contributed by atoms with Gasteiger partial charge in [-0.15, -0.1) is 0 Å². The van der Waals surface area contributed by atoms with Crippen LogP contribution in [0.5, 0.6) is 0 Å². The minimum Gasteiger partial charge on any atom is -0.0717 e. The lowest BCUT2D eigenvalue weighted by atomic mass is 11.2. The fourth-order valence-electron chi connectivity index (χ4n) is 0.109. The van der Waals surface area contributed by atoms with Crippen molar-refractivity contribution in [3.8, 4) is 0 Å². The summed E-state index contributed by atoms with van der Waals surface area (Å²) in [4.78, 5) is 0. The van der Waals surface area contributed by atoms with Crippen molar-refractivity contribution >= 4 is 32.7 Å². The molecule has 0 aliphatic carbocycles. The van der Waals surface area contributed by atoms with Crippen molar-refractivity contribution in [3.63, 3.8) is 0 Å². The molecule has 3 heteroatoms. The maximum absolute atomic E-state index is 5.21. The molecule has 2 radical (unpaired) electrons. The molecule has 0 unspecified atom stereocenters. The van der Waals surface area contributed by atoms with Gasteiger partial charge in [-0.05, 0) is 0 Å². The Balaban J connectivity index is 3.14. The van der Waals surface area contributed by atoms with Crippen LogP contribution in [0.2, 0.25) is 6.55 Å². The highest BCUT2D eigenvalue weighted by atomic mass is 35.5. The summed E-state index contributed by atoms with van der Waals surface area (Å²) in [7, 11) is 0.712. The van der Waals surface area contributed by atoms with E-state index in [2.05, 4.69) is 0 Å². The zero-order valence-corrected chi connectivity index (χ0v) is 5.85. The van der Waals surface area contributed by atoms with Crippen LogP contribution in [0, 0.1) is 0 Å². The predicted octanol–water partition coefficient (Wildman–Crippen LogP) is 2.02. The molecule has 0 spiro atoms. The summed E-state index contributed by atoms with van der Waals surface area (Å²) in [5, 5.41) is 0. The van der Waals surface area contributed by atoms with E-state index in [1.807, 2.05) is 6.55 Å². The fourth-order valence-corrected chi connectivity index (χ4v) is 0.982. The van der Waals surface area contributed by atoms with Crippen molar-refractivity contribution in [2.24, 2.45) is 0 Å². The molecule has 0 atom stereocenters. The molecule has 0 rings (SSSR count). The minimum atomic E-state index is 0.371. The van der Waals surface area contributed by atoms with Gasteiger partial charge in [0.2, 0.25) is 0 Å². The summed E-state index contributed by atoms with van der Waals surface area (Å²) in [5.41, 5.74) is 1.77. The van der Waals surface area contributed by atoms with E-state index in [4.69, 9.17) is 23.2 Å². The van der Waals surface area contributed by atoms with Crippen molar-refractivity contribution in [1.29, 1.82) is 0 Å². The van der Waals surface area contributed by atoms with E-state index in [1.54, 1.807) is 5.70 Å². The van der Waals surface area contributed by atoms with Crippen LogP contribution in [0.4, 0.5) is 0 Å². The highest BCUT2D eigenvalue weighted by Gasteiger charge is 1.75. The Bertz CT molecular complexity index is 55.8. The molecule has 0 aromatic heterocycles. The third-order valence-electron chi connectivity index (χ3n) is 0.253. The van der Waals surface area contributed by atoms with E-state index in [1.165, 1.54) is 0 Å². The first-order valence-corrected chi connectivity index (χ1v) is 3.79. The second-order valence-corrected chi connectivity index (χ2v) is 2.60. The van der Waals surface area contributed by atoms with Crippen LogP contribution in [0.3, 0.4) is 0 Å². The molecule has 0 heterocycles. The molecule has 0 saturated carbocycles. The van der Waals surface area contributed by atoms with Crippen molar-refractivity contribution in [2.45, 2.75) is 6.55 Å². The van der Waals surface area contributed by atoms with Gasteiger partial charge in [0.25, 0.3) is 0 Å². The number of hydrogen-bond acceptors (Lipinski definition) is 0. The standard InChI is InChI=1S/C3H4Cl2Si/c1-6-2-3(4)5/h2H,1H3. The lowest BCUT2D eigenvalue weighted by Crippen LogP contribution is -1.67. The minimum absolute atomic E-state index is 0.371. The Morgan fingerprint density at radius 3 is 2.17 bits per heavy atom. The normalized spacial score (nSPS) is 7.83. The Morgan fingerprint density at radius 1 is 1.67 bits per heavy atom. The molecule has 0 amide bonds. The smallest absolute Gasteiger partial charge is 0.0717 e. The van der Waals surface area contributed by atoms with E-state index < -0.39 is 0 Å². The summed E-state index contributed by atoms with van der Waals surface area (Å²) >= 11 is 10.4. The van der Waals surface area contributed by atoms with Crippen LogP contribution in [0.15, 0.2) is 10.2 Å². The molecule has 0 N–H and O–H groups in total. The third kappa shape index (κ3) is 4.54. The van der Waals surface area contributed by atoms with Gasteiger partial charge in [-0.25, -0.2) is 0 Å². The van der Waals surface area contributed by atoms with Crippen molar-refractivity contribution in [2.75, 3.05) is 0 Å². The SMILES string of the molecule is C[Si]C=C(Cl)Cl. The van der Waals surface area contributed by atoms with Crippen molar-refractivity contribution < 1.29 is 0 Å². The van der Waals surface area contributed by atoms with Crippen molar-refractivity contribution in [1.82, 2.24) is 0 Å².